The largest absolute Gasteiger partial charge is 0.473 e. The zero-order valence-electron chi connectivity index (χ0n) is 19.6. The van der Waals surface area contributed by atoms with Gasteiger partial charge in [0.1, 0.15) is 18.2 Å². The maximum atomic E-state index is 14.0. The fourth-order valence-electron chi connectivity index (χ4n) is 4.68. The van der Waals surface area contributed by atoms with Gasteiger partial charge in [0, 0.05) is 34.9 Å². The van der Waals surface area contributed by atoms with E-state index < -0.39 is 0 Å². The molecule has 2 aromatic heterocycles. The maximum Gasteiger partial charge on any atom is 0.213 e. The van der Waals surface area contributed by atoms with Crippen LogP contribution < -0.4 is 4.74 Å². The standard InChI is InChI=1S/C26H30ClFN4O3/c27-20-5-4-19(23(28)12-20)17-35-26-3-1-2-24(30-26)18-6-9-31(10-7-18)15-25-29-13-21(16-33)32(25)14-22-8-11-34-22/h1-5,12-13,18,22,33H,6-11,14-17H2. The summed E-state index contributed by atoms with van der Waals surface area (Å²) >= 11 is 5.82. The molecule has 1 N–H and O–H groups in total. The maximum absolute atomic E-state index is 14.0. The van der Waals surface area contributed by atoms with Crippen molar-refractivity contribution in [2.75, 3.05) is 19.7 Å². The van der Waals surface area contributed by atoms with Crippen LogP contribution in [0, 0.1) is 5.82 Å². The first-order valence-corrected chi connectivity index (χ1v) is 12.5. The molecular weight excluding hydrogens is 471 g/mol. The van der Waals surface area contributed by atoms with Crippen molar-refractivity contribution in [3.8, 4) is 5.88 Å². The molecule has 0 bridgehead atoms. The van der Waals surface area contributed by atoms with Crippen molar-refractivity contribution in [2.24, 2.45) is 0 Å². The minimum absolute atomic E-state index is 0.0173. The number of piperidine rings is 1. The van der Waals surface area contributed by atoms with Gasteiger partial charge in [0.2, 0.25) is 5.88 Å². The lowest BCUT2D eigenvalue weighted by Gasteiger charge is -2.32. The summed E-state index contributed by atoms with van der Waals surface area (Å²) in [6, 6.07) is 10.4. The lowest BCUT2D eigenvalue weighted by molar-refractivity contribution is -0.0604. The molecular formula is C26H30ClFN4O3. The summed E-state index contributed by atoms with van der Waals surface area (Å²) in [5, 5.41) is 10.1. The van der Waals surface area contributed by atoms with Crippen molar-refractivity contribution in [1.29, 1.82) is 0 Å². The number of ether oxygens (including phenoxy) is 2. The van der Waals surface area contributed by atoms with Crippen LogP contribution in [0.25, 0.3) is 0 Å². The average molecular weight is 501 g/mol. The zero-order valence-corrected chi connectivity index (χ0v) is 20.3. The number of hydrogen-bond acceptors (Lipinski definition) is 6. The van der Waals surface area contributed by atoms with Gasteiger partial charge in [-0.05, 0) is 50.6 Å². The second kappa shape index (κ2) is 11.0. The summed E-state index contributed by atoms with van der Waals surface area (Å²) in [7, 11) is 0. The first kappa shape index (κ1) is 24.2. The number of likely N-dealkylation sites (tertiary alicyclic amines) is 1. The molecule has 2 aliphatic heterocycles. The average Bonchev–Trinajstić information content (AvgIpc) is 3.22. The Morgan fingerprint density at radius 1 is 1.17 bits per heavy atom. The predicted molar refractivity (Wildman–Crippen MR) is 130 cm³/mol. The molecule has 0 spiro atoms. The highest BCUT2D eigenvalue weighted by Gasteiger charge is 2.25. The van der Waals surface area contributed by atoms with Gasteiger partial charge < -0.3 is 19.1 Å². The number of rotatable bonds is 9. The van der Waals surface area contributed by atoms with E-state index in [0.29, 0.717) is 22.4 Å². The molecule has 0 saturated carbocycles. The molecule has 1 atom stereocenters. The Morgan fingerprint density at radius 3 is 2.71 bits per heavy atom. The van der Waals surface area contributed by atoms with Crippen LogP contribution in [0.2, 0.25) is 5.02 Å². The van der Waals surface area contributed by atoms with E-state index in [-0.39, 0.29) is 25.1 Å². The number of benzene rings is 1. The molecule has 0 radical (unpaired) electrons. The summed E-state index contributed by atoms with van der Waals surface area (Å²) in [4.78, 5) is 11.7. The molecule has 5 rings (SSSR count). The lowest BCUT2D eigenvalue weighted by atomic mass is 9.93. The van der Waals surface area contributed by atoms with Crippen LogP contribution in [-0.2, 0) is 31.0 Å². The van der Waals surface area contributed by atoms with Crippen LogP contribution >= 0.6 is 11.6 Å². The number of aliphatic hydroxyl groups is 1. The van der Waals surface area contributed by atoms with E-state index >= 15 is 0 Å². The molecule has 2 fully saturated rings. The minimum Gasteiger partial charge on any atom is -0.473 e. The summed E-state index contributed by atoms with van der Waals surface area (Å²) in [5.41, 5.74) is 2.29. The number of imidazole rings is 1. The Balaban J connectivity index is 1.16. The van der Waals surface area contributed by atoms with E-state index in [4.69, 9.17) is 26.1 Å². The Labute approximate surface area is 209 Å². The molecule has 2 aliphatic rings. The number of aliphatic hydroxyl groups excluding tert-OH is 1. The summed E-state index contributed by atoms with van der Waals surface area (Å²) in [6.45, 7) is 4.28. The van der Waals surface area contributed by atoms with Gasteiger partial charge in [0.25, 0.3) is 0 Å². The first-order valence-electron chi connectivity index (χ1n) is 12.1. The highest BCUT2D eigenvalue weighted by molar-refractivity contribution is 6.30. The van der Waals surface area contributed by atoms with Gasteiger partial charge in [0.15, 0.2) is 0 Å². The van der Waals surface area contributed by atoms with Crippen molar-refractivity contribution in [2.45, 2.75) is 57.6 Å². The van der Waals surface area contributed by atoms with E-state index in [1.54, 1.807) is 24.4 Å². The molecule has 35 heavy (non-hydrogen) atoms. The zero-order chi connectivity index (χ0) is 24.2. The number of pyridine rings is 1. The van der Waals surface area contributed by atoms with Crippen LogP contribution in [0.4, 0.5) is 4.39 Å². The second-order valence-corrected chi connectivity index (χ2v) is 9.63. The number of aromatic nitrogens is 3. The van der Waals surface area contributed by atoms with Gasteiger partial charge in [0.05, 0.1) is 37.7 Å². The van der Waals surface area contributed by atoms with Gasteiger partial charge in [-0.25, -0.2) is 14.4 Å². The fourth-order valence-corrected chi connectivity index (χ4v) is 4.84. The van der Waals surface area contributed by atoms with Crippen molar-refractivity contribution in [3.63, 3.8) is 0 Å². The molecule has 0 amide bonds. The number of halogens is 2. The van der Waals surface area contributed by atoms with Gasteiger partial charge in [-0.2, -0.15) is 0 Å². The van der Waals surface area contributed by atoms with Crippen LogP contribution in [-0.4, -0.2) is 50.3 Å². The Morgan fingerprint density at radius 2 is 2.00 bits per heavy atom. The molecule has 9 heteroatoms. The molecule has 186 valence electrons. The Bertz CT molecular complexity index is 1150. The third kappa shape index (κ3) is 5.83. The summed E-state index contributed by atoms with van der Waals surface area (Å²) in [6.07, 6.45) is 5.02. The van der Waals surface area contributed by atoms with Gasteiger partial charge in [-0.3, -0.25) is 4.90 Å². The summed E-state index contributed by atoms with van der Waals surface area (Å²) < 4.78 is 27.5. The van der Waals surface area contributed by atoms with Crippen LogP contribution in [0.3, 0.4) is 0 Å². The van der Waals surface area contributed by atoms with Crippen molar-refractivity contribution >= 4 is 11.6 Å². The van der Waals surface area contributed by atoms with Crippen molar-refractivity contribution in [1.82, 2.24) is 19.4 Å². The van der Waals surface area contributed by atoms with Crippen LogP contribution in [0.15, 0.2) is 42.6 Å². The third-order valence-electron chi connectivity index (χ3n) is 6.87. The number of hydrogen-bond donors (Lipinski definition) is 1. The van der Waals surface area contributed by atoms with E-state index in [0.717, 1.165) is 69.3 Å². The second-order valence-electron chi connectivity index (χ2n) is 9.19. The monoisotopic (exact) mass is 500 g/mol. The Hall–Kier alpha value is -2.52. The molecule has 0 aliphatic carbocycles. The van der Waals surface area contributed by atoms with E-state index in [9.17, 15) is 9.50 Å². The fraction of sp³-hybridized carbons (Fsp3) is 0.462. The number of nitrogens with zero attached hydrogens (tertiary/aromatic N) is 4. The SMILES string of the molecule is OCc1cnc(CN2CCC(c3cccc(OCc4ccc(Cl)cc4F)n3)CC2)n1CC1CCO1. The predicted octanol–water partition coefficient (Wildman–Crippen LogP) is 4.31. The highest BCUT2D eigenvalue weighted by Crippen LogP contribution is 2.29. The van der Waals surface area contributed by atoms with Crippen molar-refractivity contribution < 1.29 is 19.0 Å². The van der Waals surface area contributed by atoms with E-state index in [1.165, 1.54) is 6.07 Å². The van der Waals surface area contributed by atoms with Gasteiger partial charge in [-0.1, -0.05) is 23.7 Å². The summed E-state index contributed by atoms with van der Waals surface area (Å²) in [5.74, 6) is 1.44. The molecule has 1 aromatic carbocycles. The quantitative estimate of drug-likeness (QED) is 0.472. The van der Waals surface area contributed by atoms with Gasteiger partial charge >= 0.3 is 0 Å². The van der Waals surface area contributed by atoms with Crippen LogP contribution in [0.1, 0.15) is 48.0 Å². The molecule has 4 heterocycles. The van der Waals surface area contributed by atoms with Crippen LogP contribution in [0.5, 0.6) is 5.88 Å². The smallest absolute Gasteiger partial charge is 0.213 e. The lowest BCUT2D eigenvalue weighted by Crippen LogP contribution is -2.35. The topological polar surface area (TPSA) is 72.6 Å². The molecule has 2 saturated heterocycles. The van der Waals surface area contributed by atoms with Crippen molar-refractivity contribution in [3.05, 3.63) is 76.2 Å². The molecule has 7 nitrogen and oxygen atoms in total. The highest BCUT2D eigenvalue weighted by atomic mass is 35.5. The third-order valence-corrected chi connectivity index (χ3v) is 7.10. The Kier molecular flexibility index (Phi) is 7.63. The molecule has 1 unspecified atom stereocenters. The van der Waals surface area contributed by atoms with E-state index in [1.807, 2.05) is 12.1 Å². The first-order chi connectivity index (χ1) is 17.1. The molecule has 3 aromatic rings. The minimum atomic E-state index is -0.381. The normalized spacial score (nSPS) is 19.0. The van der Waals surface area contributed by atoms with Gasteiger partial charge in [-0.15, -0.1) is 0 Å². The van der Waals surface area contributed by atoms with E-state index in [2.05, 4.69) is 14.5 Å².